The molecule has 1 heterocycles. The first-order chi connectivity index (χ1) is 11.5. The van der Waals surface area contributed by atoms with Crippen molar-refractivity contribution in [1.82, 2.24) is 15.1 Å². The highest BCUT2D eigenvalue weighted by molar-refractivity contribution is 5.92. The van der Waals surface area contributed by atoms with Crippen LogP contribution in [0.15, 0.2) is 41.7 Å². The maximum atomic E-state index is 13.5. The first-order valence-electron chi connectivity index (χ1n) is 7.09. The molecule has 0 saturated heterocycles. The van der Waals surface area contributed by atoms with Crippen LogP contribution < -0.4 is 15.5 Å². The van der Waals surface area contributed by atoms with Crippen molar-refractivity contribution in [1.29, 1.82) is 0 Å². The Morgan fingerprint density at radius 3 is 2.75 bits per heavy atom. The maximum absolute atomic E-state index is 13.5. The van der Waals surface area contributed by atoms with E-state index in [2.05, 4.69) is 17.0 Å². The monoisotopic (exact) mass is 335 g/mol. The molecule has 24 heavy (non-hydrogen) atoms. The Labute approximate surface area is 136 Å². The molecular formula is C16H15F2N3O3. The number of aromatic nitrogens is 2. The van der Waals surface area contributed by atoms with Crippen molar-refractivity contribution in [2.45, 2.75) is 6.92 Å². The highest BCUT2D eigenvalue weighted by atomic mass is 19.2. The summed E-state index contributed by atoms with van der Waals surface area (Å²) >= 11 is 0. The number of carbonyl (C=O) groups excluding carboxylic acids is 1. The number of carbonyl (C=O) groups is 1. The summed E-state index contributed by atoms with van der Waals surface area (Å²) in [5.41, 5.74) is -0.945. The van der Waals surface area contributed by atoms with E-state index in [1.54, 1.807) is 6.92 Å². The highest BCUT2D eigenvalue weighted by Gasteiger charge is 2.17. The molecule has 6 nitrogen and oxygen atoms in total. The number of benzene rings is 1. The SMILES string of the molecule is C=CCNC(=O)c1nn(-c2ccc(F)c(F)c2)c(OCC)cc1=O. The maximum Gasteiger partial charge on any atom is 0.276 e. The Morgan fingerprint density at radius 2 is 2.12 bits per heavy atom. The van der Waals surface area contributed by atoms with E-state index in [9.17, 15) is 18.4 Å². The average Bonchev–Trinajstić information content (AvgIpc) is 2.56. The lowest BCUT2D eigenvalue weighted by atomic mass is 10.3. The largest absolute Gasteiger partial charge is 0.478 e. The van der Waals surface area contributed by atoms with Gasteiger partial charge in [-0.05, 0) is 19.1 Å². The van der Waals surface area contributed by atoms with Crippen molar-refractivity contribution in [2.75, 3.05) is 13.2 Å². The molecule has 0 aliphatic heterocycles. The van der Waals surface area contributed by atoms with Crippen molar-refractivity contribution < 1.29 is 18.3 Å². The molecule has 1 amide bonds. The summed E-state index contributed by atoms with van der Waals surface area (Å²) in [6.45, 7) is 5.51. The molecule has 0 bridgehead atoms. The zero-order valence-electron chi connectivity index (χ0n) is 12.9. The predicted octanol–water partition coefficient (Wildman–Crippen LogP) is 1.83. The lowest BCUT2D eigenvalue weighted by Gasteiger charge is -2.13. The van der Waals surface area contributed by atoms with Crippen LogP contribution in [0, 0.1) is 11.6 Å². The third kappa shape index (κ3) is 3.65. The van der Waals surface area contributed by atoms with Gasteiger partial charge < -0.3 is 10.1 Å². The van der Waals surface area contributed by atoms with Crippen LogP contribution in [-0.4, -0.2) is 28.8 Å². The number of nitrogens with one attached hydrogen (secondary N) is 1. The Hall–Kier alpha value is -3.03. The molecule has 0 radical (unpaired) electrons. The van der Waals surface area contributed by atoms with Crippen molar-refractivity contribution >= 4 is 5.91 Å². The predicted molar refractivity (Wildman–Crippen MR) is 83.4 cm³/mol. The average molecular weight is 335 g/mol. The quantitative estimate of drug-likeness (QED) is 0.818. The van der Waals surface area contributed by atoms with Gasteiger partial charge in [-0.1, -0.05) is 6.08 Å². The smallest absolute Gasteiger partial charge is 0.276 e. The molecule has 0 fully saturated rings. The Kier molecular flexibility index (Phi) is 5.41. The minimum Gasteiger partial charge on any atom is -0.478 e. The molecule has 1 aromatic carbocycles. The molecule has 1 N–H and O–H groups in total. The molecule has 2 rings (SSSR count). The van der Waals surface area contributed by atoms with Gasteiger partial charge >= 0.3 is 0 Å². The second-order valence-corrected chi connectivity index (χ2v) is 4.64. The summed E-state index contributed by atoms with van der Waals surface area (Å²) in [5, 5.41) is 6.36. The van der Waals surface area contributed by atoms with E-state index in [1.165, 1.54) is 12.1 Å². The van der Waals surface area contributed by atoms with E-state index in [4.69, 9.17) is 4.74 Å². The minimum atomic E-state index is -1.09. The highest BCUT2D eigenvalue weighted by Crippen LogP contribution is 2.18. The number of hydrogen-bond acceptors (Lipinski definition) is 4. The molecule has 0 aliphatic carbocycles. The van der Waals surface area contributed by atoms with Gasteiger partial charge in [-0.3, -0.25) is 9.59 Å². The lowest BCUT2D eigenvalue weighted by Crippen LogP contribution is -2.31. The Morgan fingerprint density at radius 1 is 1.38 bits per heavy atom. The van der Waals surface area contributed by atoms with Gasteiger partial charge in [0, 0.05) is 12.6 Å². The molecule has 0 aliphatic rings. The minimum absolute atomic E-state index is 0.00813. The number of halogens is 2. The van der Waals surface area contributed by atoms with Crippen molar-refractivity contribution in [3.05, 3.63) is 64.5 Å². The van der Waals surface area contributed by atoms with Crippen molar-refractivity contribution in [3.63, 3.8) is 0 Å². The Balaban J connectivity index is 2.58. The number of hydrogen-bond donors (Lipinski definition) is 1. The molecule has 0 saturated carbocycles. The van der Waals surface area contributed by atoms with Gasteiger partial charge in [0.25, 0.3) is 5.91 Å². The van der Waals surface area contributed by atoms with Gasteiger partial charge in [0.15, 0.2) is 17.3 Å². The second kappa shape index (κ2) is 7.49. The fraction of sp³-hybridized carbons (Fsp3) is 0.188. The Bertz CT molecular complexity index is 834. The molecular weight excluding hydrogens is 320 g/mol. The van der Waals surface area contributed by atoms with Gasteiger partial charge in [0.2, 0.25) is 11.3 Å². The van der Waals surface area contributed by atoms with Crippen LogP contribution in [0.1, 0.15) is 17.4 Å². The standard InChI is InChI=1S/C16H15F2N3O3/c1-3-7-19-16(23)15-13(22)9-14(24-4-2)21(20-15)10-5-6-11(17)12(18)8-10/h3,5-6,8-9H,1,4,7H2,2H3,(H,19,23). The van der Waals surface area contributed by atoms with Crippen LogP contribution in [0.2, 0.25) is 0 Å². The van der Waals surface area contributed by atoms with E-state index < -0.39 is 28.7 Å². The zero-order chi connectivity index (χ0) is 17.7. The fourth-order valence-corrected chi connectivity index (χ4v) is 1.90. The zero-order valence-corrected chi connectivity index (χ0v) is 12.9. The summed E-state index contributed by atoms with van der Waals surface area (Å²) in [6, 6.07) is 4.13. The molecule has 2 aromatic rings. The van der Waals surface area contributed by atoms with E-state index in [0.29, 0.717) is 0 Å². The molecule has 0 spiro atoms. The number of ether oxygens (including phenoxy) is 1. The number of nitrogens with zero attached hydrogens (tertiary/aromatic N) is 2. The third-order valence-corrected chi connectivity index (χ3v) is 2.96. The summed E-state index contributed by atoms with van der Waals surface area (Å²) in [7, 11) is 0. The van der Waals surface area contributed by atoms with Gasteiger partial charge in [0.1, 0.15) is 0 Å². The second-order valence-electron chi connectivity index (χ2n) is 4.64. The summed E-state index contributed by atoms with van der Waals surface area (Å²) in [5.74, 6) is -2.82. The first-order valence-corrected chi connectivity index (χ1v) is 7.09. The van der Waals surface area contributed by atoms with Crippen LogP contribution in [0.4, 0.5) is 8.78 Å². The van der Waals surface area contributed by atoms with Gasteiger partial charge in [-0.2, -0.15) is 5.10 Å². The number of amides is 1. The molecule has 126 valence electrons. The van der Waals surface area contributed by atoms with Gasteiger partial charge in [0.05, 0.1) is 18.4 Å². The summed E-state index contributed by atoms with van der Waals surface area (Å²) in [6.07, 6.45) is 1.44. The van der Waals surface area contributed by atoms with E-state index in [0.717, 1.165) is 22.9 Å². The summed E-state index contributed by atoms with van der Waals surface area (Å²) in [4.78, 5) is 24.0. The van der Waals surface area contributed by atoms with E-state index in [1.807, 2.05) is 0 Å². The van der Waals surface area contributed by atoms with E-state index >= 15 is 0 Å². The molecule has 0 unspecified atom stereocenters. The van der Waals surface area contributed by atoms with Crippen molar-refractivity contribution in [3.8, 4) is 11.6 Å². The van der Waals surface area contributed by atoms with Crippen LogP contribution in [0.5, 0.6) is 5.88 Å². The molecule has 8 heteroatoms. The lowest BCUT2D eigenvalue weighted by molar-refractivity contribution is 0.0949. The van der Waals surface area contributed by atoms with Crippen LogP contribution in [0.3, 0.4) is 0 Å². The topological polar surface area (TPSA) is 73.2 Å². The van der Waals surface area contributed by atoms with Gasteiger partial charge in [-0.15, -0.1) is 6.58 Å². The molecule has 1 aromatic heterocycles. The van der Waals surface area contributed by atoms with Gasteiger partial charge in [-0.25, -0.2) is 13.5 Å². The third-order valence-electron chi connectivity index (χ3n) is 2.96. The summed E-state index contributed by atoms with van der Waals surface area (Å²) < 4.78 is 33.0. The van der Waals surface area contributed by atoms with Crippen LogP contribution in [-0.2, 0) is 0 Å². The normalized spacial score (nSPS) is 10.3. The number of rotatable bonds is 6. The van der Waals surface area contributed by atoms with E-state index in [-0.39, 0.29) is 24.7 Å². The fourth-order valence-electron chi connectivity index (χ4n) is 1.90. The van der Waals surface area contributed by atoms with Crippen LogP contribution >= 0.6 is 0 Å². The first kappa shape index (κ1) is 17.3. The molecule has 0 atom stereocenters. The van der Waals surface area contributed by atoms with Crippen LogP contribution in [0.25, 0.3) is 5.69 Å². The van der Waals surface area contributed by atoms with Crippen molar-refractivity contribution in [2.24, 2.45) is 0 Å².